The predicted molar refractivity (Wildman–Crippen MR) is 40.4 cm³/mol. The van der Waals surface area contributed by atoms with Crippen molar-refractivity contribution in [3.8, 4) is 0 Å². The zero-order valence-corrected chi connectivity index (χ0v) is 6.68. The SMILES string of the molecule is CSC1=CC(=O)N(C)C1O. The van der Waals surface area contributed by atoms with Crippen molar-refractivity contribution >= 4 is 17.7 Å². The molecule has 1 unspecified atom stereocenters. The van der Waals surface area contributed by atoms with Crippen molar-refractivity contribution < 1.29 is 9.90 Å². The van der Waals surface area contributed by atoms with Gasteiger partial charge in [0.1, 0.15) is 0 Å². The third-order valence-corrected chi connectivity index (χ3v) is 2.27. The van der Waals surface area contributed by atoms with E-state index in [1.54, 1.807) is 7.05 Å². The molecule has 0 aromatic carbocycles. The Kier molecular flexibility index (Phi) is 2.01. The zero-order chi connectivity index (χ0) is 7.72. The van der Waals surface area contributed by atoms with E-state index in [1.807, 2.05) is 6.26 Å². The number of carbonyl (C=O) groups excluding carboxylic acids is 1. The topological polar surface area (TPSA) is 40.5 Å². The summed E-state index contributed by atoms with van der Waals surface area (Å²) in [6.07, 6.45) is 2.57. The molecule has 56 valence electrons. The smallest absolute Gasteiger partial charge is 0.249 e. The van der Waals surface area contributed by atoms with E-state index in [4.69, 9.17) is 0 Å². The third kappa shape index (κ3) is 1.04. The summed E-state index contributed by atoms with van der Waals surface area (Å²) in [6.45, 7) is 0. The Balaban J connectivity index is 2.78. The van der Waals surface area contributed by atoms with Gasteiger partial charge in [0.25, 0.3) is 0 Å². The van der Waals surface area contributed by atoms with Gasteiger partial charge in [0.05, 0.1) is 0 Å². The largest absolute Gasteiger partial charge is 0.369 e. The molecule has 0 aromatic heterocycles. The molecular formula is C6H9NO2S. The first-order valence-corrected chi connectivity index (χ1v) is 4.09. The van der Waals surface area contributed by atoms with E-state index in [0.29, 0.717) is 4.91 Å². The van der Waals surface area contributed by atoms with Crippen LogP contribution in [0.4, 0.5) is 0 Å². The number of carbonyl (C=O) groups is 1. The van der Waals surface area contributed by atoms with E-state index in [9.17, 15) is 9.90 Å². The lowest BCUT2D eigenvalue weighted by Crippen LogP contribution is -2.30. The Labute approximate surface area is 63.7 Å². The number of hydrogen-bond donors (Lipinski definition) is 1. The molecule has 10 heavy (non-hydrogen) atoms. The molecule has 1 atom stereocenters. The van der Waals surface area contributed by atoms with Crippen LogP contribution in [0.3, 0.4) is 0 Å². The molecule has 3 nitrogen and oxygen atoms in total. The van der Waals surface area contributed by atoms with Crippen LogP contribution in [0.25, 0.3) is 0 Å². The minimum atomic E-state index is -0.720. The fraction of sp³-hybridized carbons (Fsp3) is 0.500. The molecule has 0 saturated heterocycles. The predicted octanol–water partition coefficient (Wildman–Crippen LogP) is 0.0237. The Morgan fingerprint density at radius 2 is 2.40 bits per heavy atom. The fourth-order valence-corrected chi connectivity index (χ4v) is 1.36. The van der Waals surface area contributed by atoms with Crippen LogP contribution in [-0.4, -0.2) is 35.4 Å². The fourth-order valence-electron chi connectivity index (χ4n) is 0.774. The third-order valence-electron chi connectivity index (χ3n) is 1.47. The normalized spacial score (nSPS) is 25.5. The molecular weight excluding hydrogens is 150 g/mol. The maximum absolute atomic E-state index is 10.8. The van der Waals surface area contributed by atoms with Gasteiger partial charge in [-0.2, -0.15) is 0 Å². The van der Waals surface area contributed by atoms with Crippen LogP contribution >= 0.6 is 11.8 Å². The van der Waals surface area contributed by atoms with Crippen LogP contribution in [-0.2, 0) is 4.79 Å². The van der Waals surface area contributed by atoms with Crippen molar-refractivity contribution in [1.29, 1.82) is 0 Å². The summed E-state index contributed by atoms with van der Waals surface area (Å²) in [5.74, 6) is -0.128. The number of hydrogen-bond acceptors (Lipinski definition) is 3. The zero-order valence-electron chi connectivity index (χ0n) is 5.87. The molecule has 1 heterocycles. The van der Waals surface area contributed by atoms with E-state index in [1.165, 1.54) is 22.7 Å². The maximum Gasteiger partial charge on any atom is 0.249 e. The molecule has 0 radical (unpaired) electrons. The summed E-state index contributed by atoms with van der Waals surface area (Å²) in [7, 11) is 1.58. The number of nitrogens with zero attached hydrogens (tertiary/aromatic N) is 1. The molecule has 0 spiro atoms. The van der Waals surface area contributed by atoms with Gasteiger partial charge in [-0.3, -0.25) is 4.79 Å². The van der Waals surface area contributed by atoms with Crippen LogP contribution in [0.15, 0.2) is 11.0 Å². The lowest BCUT2D eigenvalue weighted by molar-refractivity contribution is -0.128. The summed E-state index contributed by atoms with van der Waals surface area (Å²) < 4.78 is 0. The van der Waals surface area contributed by atoms with Crippen molar-refractivity contribution in [3.05, 3.63) is 11.0 Å². The second-order valence-corrected chi connectivity index (χ2v) is 2.95. The standard InChI is InChI=1S/C6H9NO2S/c1-7-5(8)3-4(10-2)6(7)9/h3,6,9H,1-2H3. The average molecular weight is 159 g/mol. The second kappa shape index (κ2) is 2.64. The first kappa shape index (κ1) is 7.63. The summed E-state index contributed by atoms with van der Waals surface area (Å²) >= 11 is 1.40. The number of thioether (sulfide) groups is 1. The highest BCUT2D eigenvalue weighted by molar-refractivity contribution is 8.02. The highest BCUT2D eigenvalue weighted by atomic mass is 32.2. The summed E-state index contributed by atoms with van der Waals surface area (Å²) in [5.41, 5.74) is 0. The molecule has 4 heteroatoms. The van der Waals surface area contributed by atoms with Crippen LogP contribution in [0.2, 0.25) is 0 Å². The van der Waals surface area contributed by atoms with Gasteiger partial charge < -0.3 is 10.0 Å². The van der Waals surface area contributed by atoms with Gasteiger partial charge in [-0.25, -0.2) is 0 Å². The molecule has 1 N–H and O–H groups in total. The molecule has 1 aliphatic heterocycles. The van der Waals surface area contributed by atoms with Crippen molar-refractivity contribution in [3.63, 3.8) is 0 Å². The minimum absolute atomic E-state index is 0.128. The Hall–Kier alpha value is -0.480. The van der Waals surface area contributed by atoms with Gasteiger partial charge in [0.15, 0.2) is 6.23 Å². The minimum Gasteiger partial charge on any atom is -0.369 e. The van der Waals surface area contributed by atoms with E-state index in [2.05, 4.69) is 0 Å². The van der Waals surface area contributed by atoms with Crippen molar-refractivity contribution in [2.24, 2.45) is 0 Å². The van der Waals surface area contributed by atoms with Gasteiger partial charge in [-0.1, -0.05) is 0 Å². The molecule has 0 fully saturated rings. The van der Waals surface area contributed by atoms with Gasteiger partial charge >= 0.3 is 0 Å². The average Bonchev–Trinajstić information content (AvgIpc) is 2.17. The van der Waals surface area contributed by atoms with E-state index in [-0.39, 0.29) is 5.91 Å². The van der Waals surface area contributed by atoms with Crippen LogP contribution < -0.4 is 0 Å². The highest BCUT2D eigenvalue weighted by Gasteiger charge is 2.26. The van der Waals surface area contributed by atoms with Crippen molar-refractivity contribution in [1.82, 2.24) is 4.90 Å². The van der Waals surface area contributed by atoms with Crippen molar-refractivity contribution in [2.75, 3.05) is 13.3 Å². The lowest BCUT2D eigenvalue weighted by Gasteiger charge is -2.15. The van der Waals surface area contributed by atoms with Gasteiger partial charge in [0.2, 0.25) is 5.91 Å². The molecule has 0 aromatic rings. The Morgan fingerprint density at radius 3 is 2.60 bits per heavy atom. The van der Waals surface area contributed by atoms with Gasteiger partial charge in [-0.05, 0) is 6.26 Å². The lowest BCUT2D eigenvalue weighted by atomic mass is 10.5. The number of rotatable bonds is 1. The molecule has 1 rings (SSSR count). The second-order valence-electron chi connectivity index (χ2n) is 2.07. The summed E-state index contributed by atoms with van der Waals surface area (Å²) in [6, 6.07) is 0. The monoisotopic (exact) mass is 159 g/mol. The molecule has 1 aliphatic rings. The van der Waals surface area contributed by atoms with Crippen molar-refractivity contribution in [2.45, 2.75) is 6.23 Å². The summed E-state index contributed by atoms with van der Waals surface area (Å²) in [4.78, 5) is 12.8. The van der Waals surface area contributed by atoms with Crippen LogP contribution in [0.5, 0.6) is 0 Å². The van der Waals surface area contributed by atoms with E-state index in [0.717, 1.165) is 0 Å². The number of amides is 1. The Morgan fingerprint density at radius 1 is 1.80 bits per heavy atom. The number of likely N-dealkylation sites (N-methyl/N-ethyl adjacent to an activating group) is 1. The number of aliphatic hydroxyl groups excluding tert-OH is 1. The Bertz CT molecular complexity index is 190. The van der Waals surface area contributed by atoms with Gasteiger partial charge in [-0.15, -0.1) is 11.8 Å². The molecule has 0 bridgehead atoms. The van der Waals surface area contributed by atoms with Crippen LogP contribution in [0, 0.1) is 0 Å². The molecule has 1 amide bonds. The van der Waals surface area contributed by atoms with E-state index >= 15 is 0 Å². The first-order chi connectivity index (χ1) is 4.66. The quantitative estimate of drug-likeness (QED) is 0.586. The molecule has 0 saturated carbocycles. The maximum atomic E-state index is 10.8. The van der Waals surface area contributed by atoms with Gasteiger partial charge in [0, 0.05) is 18.0 Å². The molecule has 0 aliphatic carbocycles. The van der Waals surface area contributed by atoms with E-state index < -0.39 is 6.23 Å². The number of aliphatic hydroxyl groups is 1. The summed E-state index contributed by atoms with van der Waals surface area (Å²) in [5, 5.41) is 9.24. The first-order valence-electron chi connectivity index (χ1n) is 2.87. The highest BCUT2D eigenvalue weighted by Crippen LogP contribution is 2.23. The van der Waals surface area contributed by atoms with Crippen LogP contribution in [0.1, 0.15) is 0 Å².